The molecule has 8 nitrogen and oxygen atoms in total. The molecule has 0 saturated heterocycles. The van der Waals surface area contributed by atoms with Gasteiger partial charge < -0.3 is 19.7 Å². The second-order valence-corrected chi connectivity index (χ2v) is 8.73. The van der Waals surface area contributed by atoms with E-state index in [1.165, 1.54) is 29.5 Å². The summed E-state index contributed by atoms with van der Waals surface area (Å²) < 4.78 is 8.01. The van der Waals surface area contributed by atoms with Crippen molar-refractivity contribution < 1.29 is 19.4 Å². The standard InChI is InChI=1S/C24H28N4O4S/c1-5-28-22(16(4)32-20-12-8-17(9-13-20)15(2)3)26-27-24(28)33-14-21(29)25-19-10-6-18(7-11-19)23(30)31/h6-13,15-16H,5,14H2,1-4H3,(H,25,29)(H,30,31). The Morgan fingerprint density at radius 2 is 1.73 bits per heavy atom. The molecule has 0 bridgehead atoms. The maximum Gasteiger partial charge on any atom is 0.335 e. The number of carboxylic acids is 1. The van der Waals surface area contributed by atoms with E-state index in [0.717, 1.165) is 5.75 Å². The maximum atomic E-state index is 12.3. The van der Waals surface area contributed by atoms with Gasteiger partial charge in [-0.05, 0) is 61.7 Å². The number of nitrogens with one attached hydrogen (secondary N) is 1. The third kappa shape index (κ3) is 6.35. The van der Waals surface area contributed by atoms with Gasteiger partial charge in [-0.15, -0.1) is 10.2 Å². The number of carbonyl (C=O) groups excluding carboxylic acids is 1. The molecule has 2 aromatic carbocycles. The zero-order valence-corrected chi connectivity index (χ0v) is 19.9. The van der Waals surface area contributed by atoms with Gasteiger partial charge in [0.1, 0.15) is 5.75 Å². The van der Waals surface area contributed by atoms with Crippen molar-refractivity contribution in [3.63, 3.8) is 0 Å². The summed E-state index contributed by atoms with van der Waals surface area (Å²) in [6.07, 6.45) is -0.307. The highest BCUT2D eigenvalue weighted by molar-refractivity contribution is 7.99. The SMILES string of the molecule is CCn1c(SCC(=O)Nc2ccc(C(=O)O)cc2)nnc1C(C)Oc1ccc(C(C)C)cc1. The predicted octanol–water partition coefficient (Wildman–Crippen LogP) is 4.99. The Labute approximate surface area is 197 Å². The van der Waals surface area contributed by atoms with Gasteiger partial charge in [-0.25, -0.2) is 4.79 Å². The van der Waals surface area contributed by atoms with E-state index in [4.69, 9.17) is 9.84 Å². The molecule has 1 unspecified atom stereocenters. The second kappa shape index (κ2) is 11.0. The second-order valence-electron chi connectivity index (χ2n) is 7.79. The molecule has 0 radical (unpaired) electrons. The van der Waals surface area contributed by atoms with Crippen LogP contribution in [0, 0.1) is 0 Å². The van der Waals surface area contributed by atoms with Gasteiger partial charge in [-0.3, -0.25) is 4.79 Å². The minimum Gasteiger partial charge on any atom is -0.483 e. The van der Waals surface area contributed by atoms with Crippen LogP contribution in [0.1, 0.15) is 61.5 Å². The van der Waals surface area contributed by atoms with Crippen LogP contribution in [0.2, 0.25) is 0 Å². The Hall–Kier alpha value is -3.33. The van der Waals surface area contributed by atoms with Crippen molar-refractivity contribution in [3.8, 4) is 5.75 Å². The third-order valence-corrected chi connectivity index (χ3v) is 6.00. The molecule has 9 heteroatoms. The van der Waals surface area contributed by atoms with Crippen molar-refractivity contribution in [1.82, 2.24) is 14.8 Å². The highest BCUT2D eigenvalue weighted by Crippen LogP contribution is 2.26. The molecule has 0 aliphatic carbocycles. The highest BCUT2D eigenvalue weighted by Gasteiger charge is 2.19. The Kier molecular flexibility index (Phi) is 8.11. The molecular weight excluding hydrogens is 440 g/mol. The number of rotatable bonds is 10. The van der Waals surface area contributed by atoms with Crippen LogP contribution in [0.5, 0.6) is 5.75 Å². The maximum absolute atomic E-state index is 12.3. The number of hydrogen-bond acceptors (Lipinski definition) is 6. The van der Waals surface area contributed by atoms with E-state index in [1.807, 2.05) is 30.5 Å². The minimum absolute atomic E-state index is 0.144. The number of thioether (sulfide) groups is 1. The Morgan fingerprint density at radius 3 is 2.30 bits per heavy atom. The number of hydrogen-bond donors (Lipinski definition) is 2. The van der Waals surface area contributed by atoms with Crippen LogP contribution in [0.15, 0.2) is 53.7 Å². The topological polar surface area (TPSA) is 106 Å². The lowest BCUT2D eigenvalue weighted by atomic mass is 10.0. The Morgan fingerprint density at radius 1 is 1.06 bits per heavy atom. The first-order valence-electron chi connectivity index (χ1n) is 10.7. The van der Waals surface area contributed by atoms with Crippen molar-refractivity contribution in [2.45, 2.75) is 51.4 Å². The predicted molar refractivity (Wildman–Crippen MR) is 128 cm³/mol. The number of anilines is 1. The normalized spacial score (nSPS) is 11.9. The van der Waals surface area contributed by atoms with Crippen LogP contribution < -0.4 is 10.1 Å². The van der Waals surface area contributed by atoms with Gasteiger partial charge in [0.25, 0.3) is 0 Å². The monoisotopic (exact) mass is 468 g/mol. The van der Waals surface area contributed by atoms with Gasteiger partial charge in [-0.2, -0.15) is 0 Å². The lowest BCUT2D eigenvalue weighted by molar-refractivity contribution is -0.113. The van der Waals surface area contributed by atoms with Gasteiger partial charge in [0.2, 0.25) is 5.91 Å². The summed E-state index contributed by atoms with van der Waals surface area (Å²) >= 11 is 1.28. The minimum atomic E-state index is -1.01. The van der Waals surface area contributed by atoms with E-state index in [-0.39, 0.29) is 23.3 Å². The third-order valence-electron chi connectivity index (χ3n) is 5.03. The van der Waals surface area contributed by atoms with Gasteiger partial charge in [0.05, 0.1) is 11.3 Å². The van der Waals surface area contributed by atoms with E-state index >= 15 is 0 Å². The summed E-state index contributed by atoms with van der Waals surface area (Å²) in [5, 5.41) is 20.9. The number of benzene rings is 2. The molecule has 1 heterocycles. The summed E-state index contributed by atoms with van der Waals surface area (Å²) in [5.74, 6) is 0.831. The number of nitrogens with zero attached hydrogens (tertiary/aromatic N) is 3. The Balaban J connectivity index is 1.60. The molecule has 3 rings (SSSR count). The zero-order chi connectivity index (χ0) is 24.0. The van der Waals surface area contributed by atoms with E-state index in [9.17, 15) is 9.59 Å². The highest BCUT2D eigenvalue weighted by atomic mass is 32.2. The summed E-state index contributed by atoms with van der Waals surface area (Å²) in [6, 6.07) is 14.1. The van der Waals surface area contributed by atoms with Crippen molar-refractivity contribution in [1.29, 1.82) is 0 Å². The van der Waals surface area contributed by atoms with Crippen LogP contribution in [-0.4, -0.2) is 37.5 Å². The van der Waals surface area contributed by atoms with Crippen molar-refractivity contribution in [2.24, 2.45) is 0 Å². The molecule has 33 heavy (non-hydrogen) atoms. The van der Waals surface area contributed by atoms with Crippen LogP contribution in [-0.2, 0) is 11.3 Å². The van der Waals surface area contributed by atoms with Crippen LogP contribution in [0.3, 0.4) is 0 Å². The van der Waals surface area contributed by atoms with Gasteiger partial charge in [-0.1, -0.05) is 37.7 Å². The number of aromatic nitrogens is 3. The Bertz CT molecular complexity index is 1090. The quantitative estimate of drug-likeness (QED) is 0.404. The fourth-order valence-electron chi connectivity index (χ4n) is 3.22. The van der Waals surface area contributed by atoms with Crippen LogP contribution >= 0.6 is 11.8 Å². The van der Waals surface area contributed by atoms with Crippen molar-refractivity contribution in [2.75, 3.05) is 11.1 Å². The molecule has 0 spiro atoms. The van der Waals surface area contributed by atoms with E-state index < -0.39 is 5.97 Å². The molecule has 1 amide bonds. The molecule has 3 aromatic rings. The molecule has 2 N–H and O–H groups in total. The lowest BCUT2D eigenvalue weighted by Crippen LogP contribution is -2.15. The number of ether oxygens (including phenoxy) is 1. The largest absolute Gasteiger partial charge is 0.483 e. The van der Waals surface area contributed by atoms with Crippen LogP contribution in [0.4, 0.5) is 5.69 Å². The fourth-order valence-corrected chi connectivity index (χ4v) is 4.03. The van der Waals surface area contributed by atoms with E-state index in [0.29, 0.717) is 29.1 Å². The summed E-state index contributed by atoms with van der Waals surface area (Å²) in [5.41, 5.74) is 1.95. The molecule has 0 saturated carbocycles. The smallest absolute Gasteiger partial charge is 0.335 e. The molecule has 0 aliphatic rings. The van der Waals surface area contributed by atoms with Gasteiger partial charge in [0.15, 0.2) is 17.1 Å². The number of aromatic carboxylic acids is 1. The summed E-state index contributed by atoms with van der Waals surface area (Å²) in [4.78, 5) is 23.3. The molecule has 174 valence electrons. The molecule has 0 fully saturated rings. The first kappa shape index (κ1) is 24.3. The summed E-state index contributed by atoms with van der Waals surface area (Å²) in [6.45, 7) is 8.86. The number of carboxylic acid groups (broad SMARTS) is 1. The number of amides is 1. The number of carbonyl (C=O) groups is 2. The molecule has 0 aliphatic heterocycles. The van der Waals surface area contributed by atoms with Crippen LogP contribution in [0.25, 0.3) is 0 Å². The van der Waals surface area contributed by atoms with Crippen molar-refractivity contribution in [3.05, 3.63) is 65.5 Å². The lowest BCUT2D eigenvalue weighted by Gasteiger charge is -2.16. The first-order valence-corrected chi connectivity index (χ1v) is 11.7. The average Bonchev–Trinajstić information content (AvgIpc) is 3.21. The fraction of sp³-hybridized carbons (Fsp3) is 0.333. The molecule has 1 aromatic heterocycles. The first-order chi connectivity index (χ1) is 15.8. The zero-order valence-electron chi connectivity index (χ0n) is 19.1. The van der Waals surface area contributed by atoms with Gasteiger partial charge in [0, 0.05) is 12.2 Å². The van der Waals surface area contributed by atoms with Gasteiger partial charge >= 0.3 is 5.97 Å². The van der Waals surface area contributed by atoms with Crippen molar-refractivity contribution >= 4 is 29.3 Å². The van der Waals surface area contributed by atoms with E-state index in [2.05, 4.69) is 41.5 Å². The average molecular weight is 469 g/mol. The molecular formula is C24H28N4O4S. The molecule has 1 atom stereocenters. The summed E-state index contributed by atoms with van der Waals surface area (Å²) in [7, 11) is 0. The van der Waals surface area contributed by atoms with E-state index in [1.54, 1.807) is 12.1 Å².